The topological polar surface area (TPSA) is 45.2 Å². The Morgan fingerprint density at radius 1 is 1.28 bits per heavy atom. The summed E-state index contributed by atoms with van der Waals surface area (Å²) in [6.45, 7) is 1.39. The van der Waals surface area contributed by atoms with E-state index in [1.54, 1.807) is 0 Å². The summed E-state index contributed by atoms with van der Waals surface area (Å²) in [5.74, 6) is 0.173. The summed E-state index contributed by atoms with van der Waals surface area (Å²) in [5, 5.41) is 3.14. The number of fused-ring (bicyclic) bond motifs is 1. The molecule has 1 aliphatic carbocycles. The number of carbonyl (C=O) groups excluding carboxylic acids is 1. The number of hydrogen-bond donors (Lipinski definition) is 1. The molecule has 1 aromatic heterocycles. The molecule has 0 unspecified atom stereocenters. The molecule has 1 saturated carbocycles. The minimum atomic E-state index is 0.173. The second kappa shape index (κ2) is 5.06. The first kappa shape index (κ1) is 11.7. The van der Waals surface area contributed by atoms with Crippen molar-refractivity contribution in [2.45, 2.75) is 44.3 Å². The van der Waals surface area contributed by atoms with Crippen molar-refractivity contribution in [3.05, 3.63) is 30.1 Å². The van der Waals surface area contributed by atoms with Crippen molar-refractivity contribution in [1.82, 2.24) is 15.2 Å². The van der Waals surface area contributed by atoms with Crippen LogP contribution in [0.25, 0.3) is 0 Å². The van der Waals surface area contributed by atoms with Crippen LogP contribution in [0.3, 0.4) is 0 Å². The highest BCUT2D eigenvalue weighted by Crippen LogP contribution is 2.26. The fourth-order valence-electron chi connectivity index (χ4n) is 3.17. The monoisotopic (exact) mass is 245 g/mol. The maximum Gasteiger partial charge on any atom is 0.234 e. The maximum atomic E-state index is 11.8. The number of aromatic nitrogens is 1. The van der Waals surface area contributed by atoms with Gasteiger partial charge in [0.25, 0.3) is 0 Å². The molecule has 2 aliphatic rings. The molecular weight excluding hydrogens is 226 g/mol. The summed E-state index contributed by atoms with van der Waals surface area (Å²) in [6, 6.07) is 4.95. The van der Waals surface area contributed by atoms with Crippen LogP contribution in [0, 0.1) is 0 Å². The molecule has 1 aromatic rings. The van der Waals surface area contributed by atoms with Gasteiger partial charge in [0.1, 0.15) is 0 Å². The Balaban J connectivity index is 1.74. The zero-order valence-corrected chi connectivity index (χ0v) is 10.5. The summed E-state index contributed by atoms with van der Waals surface area (Å²) in [7, 11) is 0. The Bertz CT molecular complexity index is 420. The summed E-state index contributed by atoms with van der Waals surface area (Å²) in [4.78, 5) is 18.1. The van der Waals surface area contributed by atoms with Gasteiger partial charge in [0.15, 0.2) is 0 Å². The van der Waals surface area contributed by atoms with E-state index in [1.165, 1.54) is 24.8 Å². The lowest BCUT2D eigenvalue weighted by Crippen LogP contribution is -2.61. The van der Waals surface area contributed by atoms with E-state index in [0.717, 1.165) is 13.0 Å². The average molecular weight is 245 g/mol. The van der Waals surface area contributed by atoms with Gasteiger partial charge in [0.05, 0.1) is 6.54 Å². The number of rotatable bonds is 2. The van der Waals surface area contributed by atoms with Crippen LogP contribution in [-0.2, 0) is 11.3 Å². The van der Waals surface area contributed by atoms with E-state index in [9.17, 15) is 4.79 Å². The van der Waals surface area contributed by atoms with E-state index in [0.29, 0.717) is 18.6 Å². The first-order chi connectivity index (χ1) is 8.83. The van der Waals surface area contributed by atoms with Gasteiger partial charge in [-0.3, -0.25) is 14.7 Å². The van der Waals surface area contributed by atoms with E-state index in [2.05, 4.69) is 15.2 Å². The molecule has 4 heteroatoms. The third-order valence-corrected chi connectivity index (χ3v) is 4.03. The molecule has 0 spiro atoms. The largest absolute Gasteiger partial charge is 0.351 e. The molecule has 2 fully saturated rings. The third kappa shape index (κ3) is 2.38. The quantitative estimate of drug-likeness (QED) is 0.855. The third-order valence-electron chi connectivity index (χ3n) is 4.03. The van der Waals surface area contributed by atoms with Gasteiger partial charge >= 0.3 is 0 Å². The van der Waals surface area contributed by atoms with Crippen LogP contribution in [0.1, 0.15) is 31.2 Å². The number of amides is 1. The molecule has 0 bridgehead atoms. The molecule has 1 N–H and O–H groups in total. The van der Waals surface area contributed by atoms with Gasteiger partial charge in [-0.1, -0.05) is 12.8 Å². The molecule has 1 saturated heterocycles. The lowest BCUT2D eigenvalue weighted by molar-refractivity contribution is -0.128. The fraction of sp³-hybridized carbons (Fsp3) is 0.571. The average Bonchev–Trinajstić information content (AvgIpc) is 2.40. The van der Waals surface area contributed by atoms with Crippen molar-refractivity contribution < 1.29 is 4.79 Å². The highest BCUT2D eigenvalue weighted by atomic mass is 16.2. The molecule has 0 aromatic carbocycles. The number of pyridine rings is 1. The summed E-state index contributed by atoms with van der Waals surface area (Å²) >= 11 is 0. The minimum Gasteiger partial charge on any atom is -0.351 e. The van der Waals surface area contributed by atoms with E-state index in [-0.39, 0.29) is 5.91 Å². The molecule has 1 amide bonds. The Kier molecular flexibility index (Phi) is 3.28. The van der Waals surface area contributed by atoms with Crippen molar-refractivity contribution in [2.24, 2.45) is 0 Å². The second-order valence-electron chi connectivity index (χ2n) is 5.29. The zero-order chi connectivity index (χ0) is 12.4. The Labute approximate surface area is 107 Å². The second-order valence-corrected chi connectivity index (χ2v) is 5.29. The zero-order valence-electron chi connectivity index (χ0n) is 10.5. The highest BCUT2D eigenvalue weighted by Gasteiger charge is 2.35. The van der Waals surface area contributed by atoms with Crippen LogP contribution in [0.2, 0.25) is 0 Å². The van der Waals surface area contributed by atoms with Crippen LogP contribution in [0.15, 0.2) is 24.5 Å². The molecule has 1 aliphatic heterocycles. The summed E-state index contributed by atoms with van der Waals surface area (Å²) in [5.41, 5.74) is 1.24. The number of piperazine rings is 1. The number of nitrogens with one attached hydrogen (secondary N) is 1. The fourth-order valence-corrected chi connectivity index (χ4v) is 3.17. The predicted octanol–water partition coefficient (Wildman–Crippen LogP) is 1.32. The highest BCUT2D eigenvalue weighted by molar-refractivity contribution is 5.79. The van der Waals surface area contributed by atoms with E-state index >= 15 is 0 Å². The van der Waals surface area contributed by atoms with Crippen LogP contribution in [0.5, 0.6) is 0 Å². The first-order valence-electron chi connectivity index (χ1n) is 6.75. The number of hydrogen-bond acceptors (Lipinski definition) is 3. The van der Waals surface area contributed by atoms with Gasteiger partial charge < -0.3 is 5.32 Å². The lowest BCUT2D eigenvalue weighted by Gasteiger charge is -2.44. The maximum absolute atomic E-state index is 11.8. The number of nitrogens with zero attached hydrogens (tertiary/aromatic N) is 2. The van der Waals surface area contributed by atoms with Crippen LogP contribution in [0.4, 0.5) is 0 Å². The van der Waals surface area contributed by atoms with E-state index < -0.39 is 0 Å². The molecule has 4 nitrogen and oxygen atoms in total. The Hall–Kier alpha value is -1.42. The van der Waals surface area contributed by atoms with E-state index in [1.807, 2.05) is 24.5 Å². The molecule has 96 valence electrons. The van der Waals surface area contributed by atoms with Crippen molar-refractivity contribution in [1.29, 1.82) is 0 Å². The first-order valence-corrected chi connectivity index (χ1v) is 6.75. The summed E-state index contributed by atoms with van der Waals surface area (Å²) in [6.07, 6.45) is 8.49. The SMILES string of the molecule is O=C1CN(Cc2ccncc2)[C@H]2CCCC[C@H]2N1. The van der Waals surface area contributed by atoms with Crippen molar-refractivity contribution in [3.8, 4) is 0 Å². The van der Waals surface area contributed by atoms with Gasteiger partial charge in [0, 0.05) is 31.0 Å². The van der Waals surface area contributed by atoms with E-state index in [4.69, 9.17) is 0 Å². The van der Waals surface area contributed by atoms with Gasteiger partial charge in [-0.2, -0.15) is 0 Å². The molecule has 18 heavy (non-hydrogen) atoms. The normalized spacial score (nSPS) is 28.6. The lowest BCUT2D eigenvalue weighted by atomic mass is 9.87. The van der Waals surface area contributed by atoms with Gasteiger partial charge in [0.2, 0.25) is 5.91 Å². The van der Waals surface area contributed by atoms with Gasteiger partial charge in [-0.15, -0.1) is 0 Å². The van der Waals surface area contributed by atoms with Crippen LogP contribution >= 0.6 is 0 Å². The Morgan fingerprint density at radius 2 is 2.06 bits per heavy atom. The van der Waals surface area contributed by atoms with Crippen molar-refractivity contribution >= 4 is 5.91 Å². The van der Waals surface area contributed by atoms with Crippen LogP contribution in [-0.4, -0.2) is 34.4 Å². The number of carbonyl (C=O) groups is 1. The van der Waals surface area contributed by atoms with Crippen molar-refractivity contribution in [3.63, 3.8) is 0 Å². The molecular formula is C14H19N3O. The standard InChI is InChI=1S/C14H19N3O/c18-14-10-17(9-11-5-7-15-8-6-11)13-4-2-1-3-12(13)16-14/h5-8,12-13H,1-4,9-10H2,(H,16,18)/t12-,13+/m1/s1. The summed E-state index contributed by atoms with van der Waals surface area (Å²) < 4.78 is 0. The Morgan fingerprint density at radius 3 is 2.89 bits per heavy atom. The van der Waals surface area contributed by atoms with Gasteiger partial charge in [-0.05, 0) is 30.5 Å². The smallest absolute Gasteiger partial charge is 0.234 e. The minimum absolute atomic E-state index is 0.173. The molecule has 0 radical (unpaired) electrons. The predicted molar refractivity (Wildman–Crippen MR) is 68.8 cm³/mol. The van der Waals surface area contributed by atoms with Crippen LogP contribution < -0.4 is 5.32 Å². The van der Waals surface area contributed by atoms with Gasteiger partial charge in [-0.25, -0.2) is 0 Å². The molecule has 2 heterocycles. The molecule has 2 atom stereocenters. The molecule has 3 rings (SSSR count). The van der Waals surface area contributed by atoms with Crippen molar-refractivity contribution in [2.75, 3.05) is 6.54 Å².